The summed E-state index contributed by atoms with van der Waals surface area (Å²) >= 11 is 0. The summed E-state index contributed by atoms with van der Waals surface area (Å²) in [7, 11) is 0. The maximum Gasteiger partial charge on any atom is 0.251 e. The molecule has 28 heavy (non-hydrogen) atoms. The monoisotopic (exact) mass is 383 g/mol. The first-order valence-electron chi connectivity index (χ1n) is 9.70. The van der Waals surface area contributed by atoms with Crippen LogP contribution in [0.1, 0.15) is 30.6 Å². The zero-order chi connectivity index (χ0) is 20.2. The van der Waals surface area contributed by atoms with Gasteiger partial charge in [-0.05, 0) is 50.6 Å². The Labute approximate surface area is 166 Å². The van der Waals surface area contributed by atoms with Crippen molar-refractivity contribution in [2.75, 3.05) is 43.1 Å². The van der Waals surface area contributed by atoms with Gasteiger partial charge in [0.2, 0.25) is 5.91 Å². The summed E-state index contributed by atoms with van der Waals surface area (Å²) in [5, 5.41) is 5.74. The molecule has 6 nitrogen and oxygen atoms in total. The Hall–Kier alpha value is -2.86. The van der Waals surface area contributed by atoms with Gasteiger partial charge < -0.3 is 20.3 Å². The zero-order valence-electron chi connectivity index (χ0n) is 16.6. The molecule has 2 aromatic rings. The maximum atomic E-state index is 12.4. The van der Waals surface area contributed by atoms with Gasteiger partial charge in [0.1, 0.15) is 0 Å². The van der Waals surface area contributed by atoms with Crippen LogP contribution in [0.15, 0.2) is 54.6 Å². The van der Waals surface area contributed by atoms with E-state index in [1.807, 2.05) is 49.1 Å². The van der Waals surface area contributed by atoms with Gasteiger partial charge >= 0.3 is 0 Å². The second-order valence-corrected chi connectivity index (χ2v) is 6.29. The third-order valence-electron chi connectivity index (χ3n) is 4.20. The molecule has 0 unspecified atom stereocenters. The zero-order valence-corrected chi connectivity index (χ0v) is 16.6. The van der Waals surface area contributed by atoms with Crippen LogP contribution in [0.3, 0.4) is 0 Å². The molecule has 150 valence electrons. The van der Waals surface area contributed by atoms with Crippen LogP contribution in [0.2, 0.25) is 0 Å². The highest BCUT2D eigenvalue weighted by Crippen LogP contribution is 2.14. The molecular formula is C22H29N3O3. The normalized spacial score (nSPS) is 10.4. The molecule has 0 saturated heterocycles. The number of rotatable bonds is 11. The number of carbonyl (C=O) groups is 2. The second kappa shape index (κ2) is 11.8. The Morgan fingerprint density at radius 3 is 2.54 bits per heavy atom. The highest BCUT2D eigenvalue weighted by atomic mass is 16.5. The fraction of sp³-hybridized carbons (Fsp3) is 0.364. The Morgan fingerprint density at radius 2 is 1.82 bits per heavy atom. The number of ether oxygens (including phenoxy) is 1. The van der Waals surface area contributed by atoms with Gasteiger partial charge in [-0.1, -0.05) is 24.3 Å². The summed E-state index contributed by atoms with van der Waals surface area (Å²) < 4.78 is 5.25. The standard InChI is InChI=1S/C22H29N3O3/c1-3-25(20-12-6-5-7-13-20)17-21(26)24-19-11-8-10-18(16-19)22(27)23-14-9-15-28-4-2/h5-8,10-13,16H,3-4,9,14-15,17H2,1-2H3,(H,23,27)(H,24,26). The van der Waals surface area contributed by atoms with E-state index in [1.165, 1.54) is 0 Å². The molecule has 0 aromatic heterocycles. The van der Waals surface area contributed by atoms with Crippen molar-refractivity contribution in [1.82, 2.24) is 5.32 Å². The van der Waals surface area contributed by atoms with Crippen molar-refractivity contribution < 1.29 is 14.3 Å². The van der Waals surface area contributed by atoms with E-state index in [4.69, 9.17) is 4.74 Å². The van der Waals surface area contributed by atoms with E-state index >= 15 is 0 Å². The number of nitrogens with zero attached hydrogens (tertiary/aromatic N) is 1. The van der Waals surface area contributed by atoms with Gasteiger partial charge in [0.05, 0.1) is 6.54 Å². The summed E-state index contributed by atoms with van der Waals surface area (Å²) in [4.78, 5) is 26.7. The van der Waals surface area contributed by atoms with Gasteiger partial charge in [-0.15, -0.1) is 0 Å². The lowest BCUT2D eigenvalue weighted by atomic mass is 10.2. The van der Waals surface area contributed by atoms with Gasteiger partial charge in [-0.3, -0.25) is 9.59 Å². The molecule has 0 aliphatic heterocycles. The number of likely N-dealkylation sites (N-methyl/N-ethyl adjacent to an activating group) is 1. The first-order valence-corrected chi connectivity index (χ1v) is 9.70. The average Bonchev–Trinajstić information content (AvgIpc) is 2.72. The fourth-order valence-corrected chi connectivity index (χ4v) is 2.76. The van der Waals surface area contributed by atoms with Gasteiger partial charge in [-0.2, -0.15) is 0 Å². The van der Waals surface area contributed by atoms with Crippen LogP contribution in [0.25, 0.3) is 0 Å². The highest BCUT2D eigenvalue weighted by Gasteiger charge is 2.11. The number of benzene rings is 2. The first kappa shape index (κ1) is 21.4. The van der Waals surface area contributed by atoms with E-state index in [-0.39, 0.29) is 18.4 Å². The molecular weight excluding hydrogens is 354 g/mol. The van der Waals surface area contributed by atoms with Gasteiger partial charge in [0.25, 0.3) is 5.91 Å². The molecule has 0 fully saturated rings. The largest absolute Gasteiger partial charge is 0.382 e. The third kappa shape index (κ3) is 7.04. The Kier molecular flexibility index (Phi) is 9.01. The molecule has 0 aliphatic rings. The number of nitrogens with one attached hydrogen (secondary N) is 2. The van der Waals surface area contributed by atoms with Gasteiger partial charge in [0.15, 0.2) is 0 Å². The molecule has 0 bridgehead atoms. The van der Waals surface area contributed by atoms with Crippen molar-refractivity contribution in [2.24, 2.45) is 0 Å². The number of hydrogen-bond donors (Lipinski definition) is 2. The van der Waals surface area contributed by atoms with E-state index < -0.39 is 0 Å². The number of para-hydroxylation sites is 1. The molecule has 2 amide bonds. The van der Waals surface area contributed by atoms with Crippen molar-refractivity contribution in [2.45, 2.75) is 20.3 Å². The minimum absolute atomic E-state index is 0.125. The number of hydrogen-bond acceptors (Lipinski definition) is 4. The average molecular weight is 383 g/mol. The van der Waals surface area contributed by atoms with Crippen molar-refractivity contribution in [3.05, 3.63) is 60.2 Å². The molecule has 6 heteroatoms. The molecule has 0 spiro atoms. The van der Waals surface area contributed by atoms with Crippen molar-refractivity contribution >= 4 is 23.2 Å². The SMILES string of the molecule is CCOCCCNC(=O)c1cccc(NC(=O)CN(CC)c2ccccc2)c1. The molecule has 0 atom stereocenters. The van der Waals surface area contributed by atoms with Crippen LogP contribution >= 0.6 is 0 Å². The van der Waals surface area contributed by atoms with Crippen molar-refractivity contribution in [3.63, 3.8) is 0 Å². The molecule has 2 N–H and O–H groups in total. The second-order valence-electron chi connectivity index (χ2n) is 6.29. The van der Waals surface area contributed by atoms with Crippen LogP contribution in [0.5, 0.6) is 0 Å². The van der Waals surface area contributed by atoms with E-state index in [1.54, 1.807) is 24.3 Å². The summed E-state index contributed by atoms with van der Waals surface area (Å²) in [5.74, 6) is -0.285. The molecule has 0 heterocycles. The minimum Gasteiger partial charge on any atom is -0.382 e. The molecule has 0 saturated carbocycles. The van der Waals surface area contributed by atoms with Crippen LogP contribution in [-0.2, 0) is 9.53 Å². The van der Waals surface area contributed by atoms with Crippen LogP contribution < -0.4 is 15.5 Å². The molecule has 0 radical (unpaired) electrons. The Balaban J connectivity index is 1.89. The van der Waals surface area contributed by atoms with E-state index in [9.17, 15) is 9.59 Å². The van der Waals surface area contributed by atoms with E-state index in [0.29, 0.717) is 31.0 Å². The minimum atomic E-state index is -0.160. The summed E-state index contributed by atoms with van der Waals surface area (Å²) in [6, 6.07) is 16.8. The smallest absolute Gasteiger partial charge is 0.251 e. The van der Waals surface area contributed by atoms with Crippen LogP contribution in [0, 0.1) is 0 Å². The summed E-state index contributed by atoms with van der Waals surface area (Å²) in [5.41, 5.74) is 2.13. The summed E-state index contributed by atoms with van der Waals surface area (Å²) in [6.07, 6.45) is 0.766. The topological polar surface area (TPSA) is 70.7 Å². The lowest BCUT2D eigenvalue weighted by molar-refractivity contribution is -0.115. The number of amides is 2. The van der Waals surface area contributed by atoms with Gasteiger partial charge in [-0.25, -0.2) is 0 Å². The fourth-order valence-electron chi connectivity index (χ4n) is 2.76. The van der Waals surface area contributed by atoms with Crippen LogP contribution in [-0.4, -0.2) is 44.7 Å². The molecule has 2 aromatic carbocycles. The van der Waals surface area contributed by atoms with Crippen molar-refractivity contribution in [3.8, 4) is 0 Å². The quantitative estimate of drug-likeness (QED) is 0.584. The predicted molar refractivity (Wildman–Crippen MR) is 113 cm³/mol. The number of carbonyl (C=O) groups excluding carboxylic acids is 2. The van der Waals surface area contributed by atoms with Crippen molar-refractivity contribution in [1.29, 1.82) is 0 Å². The summed E-state index contributed by atoms with van der Waals surface area (Å²) in [6.45, 7) is 6.78. The Morgan fingerprint density at radius 1 is 1.04 bits per heavy atom. The number of anilines is 2. The van der Waals surface area contributed by atoms with Gasteiger partial charge in [0, 0.05) is 43.2 Å². The lowest BCUT2D eigenvalue weighted by Gasteiger charge is -2.22. The van der Waals surface area contributed by atoms with E-state index in [0.717, 1.165) is 18.7 Å². The third-order valence-corrected chi connectivity index (χ3v) is 4.20. The maximum absolute atomic E-state index is 12.4. The molecule has 0 aliphatic carbocycles. The highest BCUT2D eigenvalue weighted by molar-refractivity contribution is 5.98. The molecule has 2 rings (SSSR count). The lowest BCUT2D eigenvalue weighted by Crippen LogP contribution is -2.33. The van der Waals surface area contributed by atoms with Crippen LogP contribution in [0.4, 0.5) is 11.4 Å². The predicted octanol–water partition coefficient (Wildman–Crippen LogP) is 3.31. The first-order chi connectivity index (χ1) is 13.6. The van der Waals surface area contributed by atoms with E-state index in [2.05, 4.69) is 10.6 Å². The Bertz CT molecular complexity index is 750.